The highest BCUT2D eigenvalue weighted by molar-refractivity contribution is 5.85. The number of nitrogens with zero attached hydrogens (tertiary/aromatic N) is 1. The van der Waals surface area contributed by atoms with Crippen LogP contribution in [0.2, 0.25) is 0 Å². The van der Waals surface area contributed by atoms with Crippen molar-refractivity contribution in [3.63, 3.8) is 0 Å². The molecule has 5 nitrogen and oxygen atoms in total. The number of β-amino-alcohol motifs (C(OH)–C–C–N with tert-alkyl or cyclic N) is 1. The van der Waals surface area contributed by atoms with E-state index >= 15 is 0 Å². The van der Waals surface area contributed by atoms with Crippen molar-refractivity contribution in [1.29, 1.82) is 0 Å². The first-order valence-corrected chi connectivity index (χ1v) is 11.4. The minimum atomic E-state index is -0.959. The summed E-state index contributed by atoms with van der Waals surface area (Å²) in [4.78, 5) is 12.9. The molecule has 32 heavy (non-hydrogen) atoms. The first-order chi connectivity index (χ1) is 15.2. The number of carboxylic acids is 1. The number of benzene rings is 2. The van der Waals surface area contributed by atoms with Crippen LogP contribution >= 0.6 is 0 Å². The Morgan fingerprint density at radius 2 is 1.78 bits per heavy atom. The molecule has 0 aliphatic heterocycles. The van der Waals surface area contributed by atoms with Crippen molar-refractivity contribution in [2.24, 2.45) is 5.92 Å². The lowest BCUT2D eigenvalue weighted by atomic mass is 9.88. The first-order valence-electron chi connectivity index (χ1n) is 11.4. The molecule has 0 fully saturated rings. The largest absolute Gasteiger partial charge is 0.478 e. The molecule has 3 N–H and O–H groups in total. The van der Waals surface area contributed by atoms with Crippen LogP contribution in [-0.4, -0.2) is 52.9 Å². The highest BCUT2D eigenvalue weighted by Gasteiger charge is 2.28. The number of aliphatic carboxylic acids is 1. The van der Waals surface area contributed by atoms with Crippen LogP contribution in [0.25, 0.3) is 6.08 Å². The van der Waals surface area contributed by atoms with Crippen molar-refractivity contribution < 1.29 is 15.0 Å². The number of hydrogen-bond acceptors (Lipinski definition) is 4. The van der Waals surface area contributed by atoms with Crippen LogP contribution in [0.4, 0.5) is 0 Å². The second kappa shape index (κ2) is 10.9. The Bertz CT molecular complexity index is 913. The molecule has 0 heterocycles. The summed E-state index contributed by atoms with van der Waals surface area (Å²) in [5.41, 5.74) is 4.84. The van der Waals surface area contributed by atoms with E-state index in [1.807, 2.05) is 31.3 Å². The third-order valence-corrected chi connectivity index (χ3v) is 6.17. The fraction of sp³-hybridized carbons (Fsp3) is 0.444. The summed E-state index contributed by atoms with van der Waals surface area (Å²) < 4.78 is 0. The third kappa shape index (κ3) is 7.30. The zero-order valence-electron chi connectivity index (χ0n) is 19.4. The Balaban J connectivity index is 1.45. The van der Waals surface area contributed by atoms with Gasteiger partial charge in [0.1, 0.15) is 0 Å². The maximum absolute atomic E-state index is 10.8. The number of fused-ring (bicyclic) bond motifs is 1. The van der Waals surface area contributed by atoms with E-state index in [0.29, 0.717) is 25.6 Å². The molecule has 0 aromatic heterocycles. The molecule has 1 aliphatic carbocycles. The second-order valence-corrected chi connectivity index (χ2v) is 9.73. The molecule has 172 valence electrons. The van der Waals surface area contributed by atoms with E-state index in [0.717, 1.165) is 36.5 Å². The van der Waals surface area contributed by atoms with Gasteiger partial charge in [-0.1, -0.05) is 48.5 Å². The van der Waals surface area contributed by atoms with Crippen LogP contribution in [0.1, 0.15) is 42.5 Å². The lowest BCUT2D eigenvalue weighted by Gasteiger charge is -2.31. The molecular formula is C27H36N2O3. The van der Waals surface area contributed by atoms with Crippen molar-refractivity contribution in [2.45, 2.75) is 51.3 Å². The minimum Gasteiger partial charge on any atom is -0.478 e. The van der Waals surface area contributed by atoms with Gasteiger partial charge in [-0.05, 0) is 74.4 Å². The topological polar surface area (TPSA) is 72.8 Å². The number of rotatable bonds is 11. The number of hydrogen-bond donors (Lipinski definition) is 3. The molecule has 1 atom stereocenters. The number of carboxylic acid groups (broad SMARTS) is 1. The Morgan fingerprint density at radius 1 is 1.16 bits per heavy atom. The van der Waals surface area contributed by atoms with Gasteiger partial charge in [-0.2, -0.15) is 0 Å². The zero-order chi connectivity index (χ0) is 23.1. The molecule has 2 aromatic rings. The van der Waals surface area contributed by atoms with Gasteiger partial charge in [0.05, 0.1) is 6.10 Å². The molecule has 0 saturated heterocycles. The molecule has 0 spiro atoms. The van der Waals surface area contributed by atoms with Gasteiger partial charge >= 0.3 is 5.97 Å². The molecule has 0 bridgehead atoms. The molecule has 3 rings (SSSR count). The van der Waals surface area contributed by atoms with Crippen molar-refractivity contribution in [3.05, 3.63) is 76.9 Å². The smallest absolute Gasteiger partial charge is 0.328 e. The van der Waals surface area contributed by atoms with E-state index < -0.39 is 12.1 Å². The average molecular weight is 437 g/mol. The van der Waals surface area contributed by atoms with Crippen LogP contribution in [0, 0.1) is 5.92 Å². The van der Waals surface area contributed by atoms with Gasteiger partial charge < -0.3 is 15.5 Å². The maximum Gasteiger partial charge on any atom is 0.328 e. The summed E-state index contributed by atoms with van der Waals surface area (Å²) >= 11 is 0. The Hall–Kier alpha value is -2.47. The lowest BCUT2D eigenvalue weighted by molar-refractivity contribution is -0.131. The Kier molecular flexibility index (Phi) is 8.24. The zero-order valence-corrected chi connectivity index (χ0v) is 19.4. The fourth-order valence-corrected chi connectivity index (χ4v) is 4.76. The van der Waals surface area contributed by atoms with Gasteiger partial charge in [0.2, 0.25) is 0 Å². The van der Waals surface area contributed by atoms with Crippen molar-refractivity contribution in [1.82, 2.24) is 10.2 Å². The van der Waals surface area contributed by atoms with Gasteiger partial charge in [-0.25, -0.2) is 4.79 Å². The van der Waals surface area contributed by atoms with Crippen LogP contribution in [0.15, 0.2) is 54.6 Å². The molecule has 0 radical (unpaired) electrons. The van der Waals surface area contributed by atoms with Crippen LogP contribution in [0.3, 0.4) is 0 Å². The van der Waals surface area contributed by atoms with Gasteiger partial charge in [0.15, 0.2) is 0 Å². The molecule has 2 aromatic carbocycles. The SMILES string of the molecule is CN(Cc1ccccc1/C=C/C(=O)O)C[C@H](O)CNC(C)(C)CC1Cc2ccccc2C1. The van der Waals surface area contributed by atoms with Crippen molar-refractivity contribution in [2.75, 3.05) is 20.1 Å². The summed E-state index contributed by atoms with van der Waals surface area (Å²) in [6.07, 6.45) is 5.65. The first kappa shape index (κ1) is 24.2. The number of aliphatic hydroxyl groups excluding tert-OH is 1. The number of nitrogens with one attached hydrogen (secondary N) is 1. The van der Waals surface area contributed by atoms with E-state index in [-0.39, 0.29) is 5.54 Å². The normalized spacial score (nSPS) is 15.4. The van der Waals surface area contributed by atoms with Crippen LogP contribution < -0.4 is 5.32 Å². The summed E-state index contributed by atoms with van der Waals surface area (Å²) in [6, 6.07) is 16.5. The Labute approximate surface area is 191 Å². The van der Waals surface area contributed by atoms with E-state index in [1.165, 1.54) is 11.1 Å². The van der Waals surface area contributed by atoms with Crippen molar-refractivity contribution >= 4 is 12.0 Å². The molecular weight excluding hydrogens is 400 g/mol. The number of likely N-dealkylation sites (N-methyl/N-ethyl adjacent to an activating group) is 1. The van der Waals surface area contributed by atoms with E-state index in [2.05, 4.69) is 48.3 Å². The van der Waals surface area contributed by atoms with Gasteiger partial charge in [-0.15, -0.1) is 0 Å². The molecule has 0 saturated carbocycles. The highest BCUT2D eigenvalue weighted by Crippen LogP contribution is 2.31. The van der Waals surface area contributed by atoms with Crippen LogP contribution in [-0.2, 0) is 24.2 Å². The number of carbonyl (C=O) groups is 1. The summed E-state index contributed by atoms with van der Waals surface area (Å²) in [5.74, 6) is -0.316. The molecule has 0 unspecified atom stereocenters. The van der Waals surface area contributed by atoms with Gasteiger partial charge in [0.25, 0.3) is 0 Å². The van der Waals surface area contributed by atoms with Crippen LogP contribution in [0.5, 0.6) is 0 Å². The summed E-state index contributed by atoms with van der Waals surface area (Å²) in [5, 5.41) is 23.1. The monoisotopic (exact) mass is 436 g/mol. The molecule has 0 amide bonds. The summed E-state index contributed by atoms with van der Waals surface area (Å²) in [7, 11) is 1.97. The standard InChI is InChI=1S/C27H36N2O3/c1-27(2,16-20-14-22-9-5-6-10-23(22)15-20)28-17-25(30)19-29(3)18-24-11-7-4-8-21(24)12-13-26(31)32/h4-13,20,25,28,30H,14-19H2,1-3H3,(H,31,32)/b13-12+/t25-/m1/s1. The van der Waals surface area contributed by atoms with Crippen molar-refractivity contribution in [3.8, 4) is 0 Å². The number of aliphatic hydroxyl groups is 1. The Morgan fingerprint density at radius 3 is 2.44 bits per heavy atom. The predicted octanol–water partition coefficient (Wildman–Crippen LogP) is 3.75. The lowest BCUT2D eigenvalue weighted by Crippen LogP contribution is -2.47. The highest BCUT2D eigenvalue weighted by atomic mass is 16.4. The molecule has 1 aliphatic rings. The predicted molar refractivity (Wildman–Crippen MR) is 129 cm³/mol. The second-order valence-electron chi connectivity index (χ2n) is 9.73. The van der Waals surface area contributed by atoms with Gasteiger partial charge in [-0.3, -0.25) is 4.90 Å². The molecule has 5 heteroatoms. The fourth-order valence-electron chi connectivity index (χ4n) is 4.76. The van der Waals surface area contributed by atoms with E-state index in [1.54, 1.807) is 6.08 Å². The van der Waals surface area contributed by atoms with E-state index in [4.69, 9.17) is 5.11 Å². The summed E-state index contributed by atoms with van der Waals surface area (Å²) in [6.45, 7) is 6.16. The van der Waals surface area contributed by atoms with E-state index in [9.17, 15) is 9.90 Å². The third-order valence-electron chi connectivity index (χ3n) is 6.17. The minimum absolute atomic E-state index is 0.0412. The van der Waals surface area contributed by atoms with Gasteiger partial charge in [0, 0.05) is 31.2 Å². The quantitative estimate of drug-likeness (QED) is 0.468. The maximum atomic E-state index is 10.8. The average Bonchev–Trinajstić information content (AvgIpc) is 3.13.